The summed E-state index contributed by atoms with van der Waals surface area (Å²) in [7, 11) is 0. The van der Waals surface area contributed by atoms with Crippen molar-refractivity contribution >= 4 is 12.3 Å². The summed E-state index contributed by atoms with van der Waals surface area (Å²) in [5.41, 5.74) is 0. The van der Waals surface area contributed by atoms with Crippen molar-refractivity contribution in [3.63, 3.8) is 0 Å². The van der Waals surface area contributed by atoms with Gasteiger partial charge in [-0.1, -0.05) is 20.3 Å². The normalized spacial score (nSPS) is 8.21. The number of alkyl carbamates (subject to hydrolysis) is 1. The molecule has 0 aliphatic rings. The van der Waals surface area contributed by atoms with Crippen LogP contribution >= 0.6 is 0 Å². The van der Waals surface area contributed by atoms with Gasteiger partial charge in [-0.3, -0.25) is 0 Å². The van der Waals surface area contributed by atoms with E-state index in [4.69, 9.17) is 5.41 Å². The van der Waals surface area contributed by atoms with Gasteiger partial charge in [0.1, 0.15) is 0 Å². The van der Waals surface area contributed by atoms with E-state index in [-0.39, 0.29) is 6.09 Å². The largest absolute Gasteiger partial charge is 0.450 e. The first-order valence-corrected chi connectivity index (χ1v) is 5.12. The molecule has 0 aliphatic heterocycles. The van der Waals surface area contributed by atoms with Crippen LogP contribution in [0.5, 0.6) is 0 Å². The van der Waals surface area contributed by atoms with Crippen LogP contribution in [0.2, 0.25) is 0 Å². The monoisotopic (exact) mass is 202 g/mol. The van der Waals surface area contributed by atoms with Gasteiger partial charge in [-0.2, -0.15) is 0 Å². The molecule has 0 saturated heterocycles. The van der Waals surface area contributed by atoms with E-state index >= 15 is 0 Å². The number of nitrogens with one attached hydrogen (secondary N) is 2. The minimum Gasteiger partial charge on any atom is -0.450 e. The molecule has 14 heavy (non-hydrogen) atoms. The van der Waals surface area contributed by atoms with Crippen molar-refractivity contribution in [1.82, 2.24) is 5.32 Å². The fourth-order valence-electron chi connectivity index (χ4n) is 0.549. The molecule has 0 aliphatic carbocycles. The molecule has 0 rings (SSSR count). The van der Waals surface area contributed by atoms with Crippen LogP contribution in [-0.2, 0) is 4.74 Å². The minimum absolute atomic E-state index is 0.309. The SMILES string of the molecule is CCC=N.CCCCNC(=O)OCC. The van der Waals surface area contributed by atoms with E-state index < -0.39 is 0 Å². The third-order valence-corrected chi connectivity index (χ3v) is 1.28. The lowest BCUT2D eigenvalue weighted by Gasteiger charge is -2.02. The molecule has 0 aromatic heterocycles. The first-order chi connectivity index (χ1) is 6.72. The average molecular weight is 202 g/mol. The lowest BCUT2D eigenvalue weighted by atomic mass is 10.3. The molecule has 0 bridgehead atoms. The van der Waals surface area contributed by atoms with Gasteiger partial charge in [-0.25, -0.2) is 4.79 Å². The Morgan fingerprint density at radius 2 is 2.00 bits per heavy atom. The van der Waals surface area contributed by atoms with Gasteiger partial charge in [0.25, 0.3) is 0 Å². The number of ether oxygens (including phenoxy) is 1. The highest BCUT2D eigenvalue weighted by Gasteiger charge is 1.95. The smallest absolute Gasteiger partial charge is 0.407 e. The number of unbranched alkanes of at least 4 members (excludes halogenated alkanes) is 1. The molecule has 0 aromatic carbocycles. The summed E-state index contributed by atoms with van der Waals surface area (Å²) in [5, 5.41) is 8.95. The maximum absolute atomic E-state index is 10.6. The highest BCUT2D eigenvalue weighted by atomic mass is 16.5. The number of rotatable bonds is 5. The fourth-order valence-corrected chi connectivity index (χ4v) is 0.549. The third kappa shape index (κ3) is 17.1. The van der Waals surface area contributed by atoms with Gasteiger partial charge < -0.3 is 15.5 Å². The van der Waals surface area contributed by atoms with Gasteiger partial charge >= 0.3 is 6.09 Å². The number of hydrogen-bond donors (Lipinski definition) is 2. The van der Waals surface area contributed by atoms with Gasteiger partial charge in [0.05, 0.1) is 6.61 Å². The molecule has 84 valence electrons. The lowest BCUT2D eigenvalue weighted by molar-refractivity contribution is 0.152. The Hall–Kier alpha value is -1.06. The zero-order valence-electron chi connectivity index (χ0n) is 9.43. The van der Waals surface area contributed by atoms with Crippen LogP contribution in [0.25, 0.3) is 0 Å². The summed E-state index contributed by atoms with van der Waals surface area (Å²) in [5.74, 6) is 0. The van der Waals surface area contributed by atoms with Crippen molar-refractivity contribution in [2.24, 2.45) is 0 Å². The van der Waals surface area contributed by atoms with Crippen molar-refractivity contribution in [1.29, 1.82) is 5.41 Å². The van der Waals surface area contributed by atoms with E-state index in [1.807, 2.05) is 6.92 Å². The number of carbonyl (C=O) groups is 1. The van der Waals surface area contributed by atoms with E-state index in [9.17, 15) is 4.79 Å². The van der Waals surface area contributed by atoms with Crippen LogP contribution < -0.4 is 5.32 Å². The molecule has 0 saturated carbocycles. The molecule has 0 spiro atoms. The molecule has 1 amide bonds. The van der Waals surface area contributed by atoms with Crippen LogP contribution in [0.4, 0.5) is 4.79 Å². The molecule has 0 aromatic rings. The molecule has 0 radical (unpaired) electrons. The second-order valence-corrected chi connectivity index (χ2v) is 2.61. The molecule has 0 atom stereocenters. The maximum Gasteiger partial charge on any atom is 0.407 e. The van der Waals surface area contributed by atoms with Crippen molar-refractivity contribution in [2.45, 2.75) is 40.0 Å². The number of carbonyl (C=O) groups excluding carboxylic acids is 1. The van der Waals surface area contributed by atoms with Crippen LogP contribution in [0.15, 0.2) is 0 Å². The highest BCUT2D eigenvalue weighted by Crippen LogP contribution is 1.83. The van der Waals surface area contributed by atoms with Gasteiger partial charge in [0.2, 0.25) is 0 Å². The first kappa shape index (κ1) is 15.4. The molecule has 4 nitrogen and oxygen atoms in total. The van der Waals surface area contributed by atoms with Crippen LogP contribution in [0.1, 0.15) is 40.0 Å². The zero-order valence-corrected chi connectivity index (χ0v) is 9.43. The predicted octanol–water partition coefficient (Wildman–Crippen LogP) is 2.58. The quantitative estimate of drug-likeness (QED) is 0.531. The predicted molar refractivity (Wildman–Crippen MR) is 59.0 cm³/mol. The second kappa shape index (κ2) is 14.5. The molecular formula is C10H22N2O2. The highest BCUT2D eigenvalue weighted by molar-refractivity contribution is 5.66. The summed E-state index contributed by atoms with van der Waals surface area (Å²) >= 11 is 0. The fraction of sp³-hybridized carbons (Fsp3) is 0.800. The van der Waals surface area contributed by atoms with Gasteiger partial charge in [0, 0.05) is 6.54 Å². The summed E-state index contributed by atoms with van der Waals surface area (Å²) in [6.45, 7) is 6.96. The Morgan fingerprint density at radius 1 is 1.43 bits per heavy atom. The number of hydrogen-bond acceptors (Lipinski definition) is 3. The molecule has 0 heterocycles. The molecule has 4 heteroatoms. The Morgan fingerprint density at radius 3 is 2.36 bits per heavy atom. The van der Waals surface area contributed by atoms with E-state index in [1.165, 1.54) is 6.21 Å². The summed E-state index contributed by atoms with van der Waals surface area (Å²) in [6.07, 6.45) is 4.03. The van der Waals surface area contributed by atoms with E-state index in [0.717, 1.165) is 25.8 Å². The zero-order chi connectivity index (χ0) is 11.2. The topological polar surface area (TPSA) is 62.2 Å². The minimum atomic E-state index is -0.309. The molecule has 0 unspecified atom stereocenters. The van der Waals surface area contributed by atoms with Gasteiger partial charge in [-0.15, -0.1) is 0 Å². The van der Waals surface area contributed by atoms with Crippen molar-refractivity contribution in [3.05, 3.63) is 0 Å². The van der Waals surface area contributed by atoms with Crippen LogP contribution in [-0.4, -0.2) is 25.5 Å². The Balaban J connectivity index is 0. The Kier molecular flexibility index (Phi) is 15.9. The van der Waals surface area contributed by atoms with Crippen LogP contribution in [0, 0.1) is 5.41 Å². The van der Waals surface area contributed by atoms with Crippen molar-refractivity contribution in [2.75, 3.05) is 13.2 Å². The van der Waals surface area contributed by atoms with E-state index in [1.54, 1.807) is 6.92 Å². The molecular weight excluding hydrogens is 180 g/mol. The van der Waals surface area contributed by atoms with E-state index in [0.29, 0.717) is 6.61 Å². The van der Waals surface area contributed by atoms with Crippen molar-refractivity contribution in [3.8, 4) is 0 Å². The van der Waals surface area contributed by atoms with E-state index in [2.05, 4.69) is 17.0 Å². The summed E-state index contributed by atoms with van der Waals surface area (Å²) in [4.78, 5) is 10.6. The van der Waals surface area contributed by atoms with Crippen LogP contribution in [0.3, 0.4) is 0 Å². The molecule has 0 fully saturated rings. The van der Waals surface area contributed by atoms with Gasteiger partial charge in [-0.05, 0) is 26.0 Å². The maximum atomic E-state index is 10.6. The standard InChI is InChI=1S/C7H15NO2.C3H7N/c1-3-5-6-8-7(9)10-4-2;1-2-3-4/h3-6H2,1-2H3,(H,8,9);3-4H,2H2,1H3. The van der Waals surface area contributed by atoms with Gasteiger partial charge in [0.15, 0.2) is 0 Å². The average Bonchev–Trinajstić information content (AvgIpc) is 2.19. The first-order valence-electron chi connectivity index (χ1n) is 5.12. The summed E-state index contributed by atoms with van der Waals surface area (Å²) < 4.78 is 4.64. The Bertz CT molecular complexity index is 138. The van der Waals surface area contributed by atoms with Crippen molar-refractivity contribution < 1.29 is 9.53 Å². The molecule has 2 N–H and O–H groups in total. The summed E-state index contributed by atoms with van der Waals surface area (Å²) in [6, 6.07) is 0. The second-order valence-electron chi connectivity index (χ2n) is 2.61. The third-order valence-electron chi connectivity index (χ3n) is 1.28. The number of amides is 1. The lowest BCUT2D eigenvalue weighted by Crippen LogP contribution is -2.24. The Labute approximate surface area is 86.5 Å².